The van der Waals surface area contributed by atoms with Gasteiger partial charge in [0.25, 0.3) is 0 Å². The number of hydrogen-bond acceptors (Lipinski definition) is 2. The Morgan fingerprint density at radius 3 is 2.18 bits per heavy atom. The number of carboxylic acids is 1. The van der Waals surface area contributed by atoms with E-state index < -0.39 is 24.1 Å². The maximum Gasteiger partial charge on any atom is 0.406 e. The van der Waals surface area contributed by atoms with E-state index in [0.717, 1.165) is 0 Å². The van der Waals surface area contributed by atoms with Crippen molar-refractivity contribution in [2.24, 2.45) is 11.3 Å². The minimum Gasteiger partial charge on any atom is -0.481 e. The van der Waals surface area contributed by atoms with Crippen molar-refractivity contribution in [3.05, 3.63) is 0 Å². The highest BCUT2D eigenvalue weighted by Gasteiger charge is 2.63. The van der Waals surface area contributed by atoms with Crippen LogP contribution in [0.4, 0.5) is 13.2 Å². The predicted molar refractivity (Wildman–Crippen MR) is 56.6 cm³/mol. The molecule has 2 atom stereocenters. The molecule has 0 saturated carbocycles. The van der Waals surface area contributed by atoms with Crippen LogP contribution in [0.2, 0.25) is 0 Å². The second kappa shape index (κ2) is 4.48. The molecule has 2 unspecified atom stereocenters. The largest absolute Gasteiger partial charge is 0.481 e. The van der Waals surface area contributed by atoms with Crippen molar-refractivity contribution in [3.63, 3.8) is 0 Å². The third-order valence-corrected chi connectivity index (χ3v) is 3.79. The van der Waals surface area contributed by atoms with E-state index in [1.165, 1.54) is 0 Å². The van der Waals surface area contributed by atoms with E-state index in [2.05, 4.69) is 0 Å². The number of hydrogen-bond donors (Lipinski definition) is 1. The molecule has 1 fully saturated rings. The Labute approximate surface area is 98.6 Å². The zero-order valence-corrected chi connectivity index (χ0v) is 10.2. The Morgan fingerprint density at radius 2 is 1.88 bits per heavy atom. The van der Waals surface area contributed by atoms with Crippen LogP contribution in [0.3, 0.4) is 0 Å². The second-order valence-electron chi connectivity index (χ2n) is 5.09. The minimum absolute atomic E-state index is 0.0430. The number of carbonyl (C=O) groups is 1. The van der Waals surface area contributed by atoms with Gasteiger partial charge in [-0.15, -0.1) is 0 Å². The highest BCUT2D eigenvalue weighted by atomic mass is 19.4. The highest BCUT2D eigenvalue weighted by Crippen LogP contribution is 2.46. The van der Waals surface area contributed by atoms with Gasteiger partial charge in [0.1, 0.15) is 0 Å². The Balaban J connectivity index is 2.91. The number of aliphatic carboxylic acids is 1. The van der Waals surface area contributed by atoms with Crippen LogP contribution >= 0.6 is 0 Å². The lowest BCUT2D eigenvalue weighted by Gasteiger charge is -2.31. The molecule has 0 aromatic heterocycles. The fourth-order valence-corrected chi connectivity index (χ4v) is 2.14. The Bertz CT molecular complexity index is 304. The van der Waals surface area contributed by atoms with Gasteiger partial charge in [-0.1, -0.05) is 13.8 Å². The van der Waals surface area contributed by atoms with Gasteiger partial charge in [-0.05, 0) is 25.8 Å². The summed E-state index contributed by atoms with van der Waals surface area (Å²) >= 11 is 0. The monoisotopic (exact) mass is 253 g/mol. The van der Waals surface area contributed by atoms with Crippen molar-refractivity contribution < 1.29 is 23.1 Å². The SMILES string of the molecule is CC(C)C(C)N1CCC(C(=O)O)(C(F)(F)F)C1. The Hall–Kier alpha value is -0.780. The van der Waals surface area contributed by atoms with Crippen LogP contribution in [-0.2, 0) is 4.79 Å². The molecule has 1 saturated heterocycles. The quantitative estimate of drug-likeness (QED) is 0.839. The molecule has 0 spiro atoms. The molecule has 3 nitrogen and oxygen atoms in total. The van der Waals surface area contributed by atoms with E-state index in [1.807, 2.05) is 20.8 Å². The first-order chi connectivity index (χ1) is 7.62. The fraction of sp³-hybridized carbons (Fsp3) is 0.909. The van der Waals surface area contributed by atoms with Crippen LogP contribution < -0.4 is 0 Å². The summed E-state index contributed by atoms with van der Waals surface area (Å²) in [5, 5.41) is 8.89. The molecular formula is C11H18F3NO2. The van der Waals surface area contributed by atoms with Crippen LogP contribution in [0.5, 0.6) is 0 Å². The van der Waals surface area contributed by atoms with Crippen LogP contribution in [0, 0.1) is 11.3 Å². The van der Waals surface area contributed by atoms with E-state index in [0.29, 0.717) is 0 Å². The van der Waals surface area contributed by atoms with Crippen molar-refractivity contribution in [2.45, 2.75) is 39.4 Å². The lowest BCUT2D eigenvalue weighted by Crippen LogP contribution is -2.48. The molecule has 0 bridgehead atoms. The molecule has 1 N–H and O–H groups in total. The van der Waals surface area contributed by atoms with Crippen LogP contribution in [0.15, 0.2) is 0 Å². The van der Waals surface area contributed by atoms with Gasteiger partial charge in [-0.25, -0.2) is 0 Å². The normalized spacial score (nSPS) is 28.6. The Kier molecular flexibility index (Phi) is 3.76. The summed E-state index contributed by atoms with van der Waals surface area (Å²) in [5.41, 5.74) is -2.59. The number of halogens is 3. The van der Waals surface area contributed by atoms with Gasteiger partial charge in [0, 0.05) is 12.6 Å². The van der Waals surface area contributed by atoms with Crippen molar-refractivity contribution >= 4 is 5.97 Å². The molecule has 0 amide bonds. The van der Waals surface area contributed by atoms with Crippen LogP contribution in [0.1, 0.15) is 27.2 Å². The maximum absolute atomic E-state index is 12.9. The van der Waals surface area contributed by atoms with E-state index in [1.54, 1.807) is 4.90 Å². The summed E-state index contributed by atoms with van der Waals surface area (Å²) in [6.45, 7) is 5.41. The second-order valence-corrected chi connectivity index (χ2v) is 5.09. The molecule has 0 aliphatic carbocycles. The summed E-state index contributed by atoms with van der Waals surface area (Å²) < 4.78 is 38.7. The van der Waals surface area contributed by atoms with Crippen molar-refractivity contribution in [2.75, 3.05) is 13.1 Å². The number of alkyl halides is 3. The zero-order chi connectivity index (χ0) is 13.4. The lowest BCUT2D eigenvalue weighted by molar-refractivity contribution is -0.228. The van der Waals surface area contributed by atoms with Gasteiger partial charge in [0.15, 0.2) is 5.41 Å². The summed E-state index contributed by atoms with van der Waals surface area (Å²) in [7, 11) is 0. The Morgan fingerprint density at radius 1 is 1.35 bits per heavy atom. The van der Waals surface area contributed by atoms with Crippen LogP contribution in [0.25, 0.3) is 0 Å². The average Bonchev–Trinajstić information content (AvgIpc) is 2.60. The molecule has 1 aliphatic rings. The summed E-state index contributed by atoms with van der Waals surface area (Å²) in [5.74, 6) is -1.56. The first-order valence-electron chi connectivity index (χ1n) is 5.66. The third-order valence-electron chi connectivity index (χ3n) is 3.79. The maximum atomic E-state index is 12.9. The molecule has 6 heteroatoms. The van der Waals surface area contributed by atoms with Crippen molar-refractivity contribution in [3.8, 4) is 0 Å². The lowest BCUT2D eigenvalue weighted by atomic mass is 9.86. The topological polar surface area (TPSA) is 40.5 Å². The van der Waals surface area contributed by atoms with Gasteiger partial charge >= 0.3 is 12.1 Å². The van der Waals surface area contributed by atoms with Gasteiger partial charge in [0.05, 0.1) is 0 Å². The number of rotatable bonds is 3. The van der Waals surface area contributed by atoms with E-state index >= 15 is 0 Å². The molecule has 0 aromatic carbocycles. The first-order valence-corrected chi connectivity index (χ1v) is 5.66. The van der Waals surface area contributed by atoms with E-state index in [-0.39, 0.29) is 24.9 Å². The van der Waals surface area contributed by atoms with Gasteiger partial charge in [-0.3, -0.25) is 9.69 Å². The number of likely N-dealkylation sites (tertiary alicyclic amines) is 1. The standard InChI is InChI=1S/C11H18F3NO2/c1-7(2)8(3)15-5-4-10(6-15,9(16)17)11(12,13)14/h7-8H,4-6H2,1-3H3,(H,16,17). The predicted octanol–water partition coefficient (Wildman–Crippen LogP) is 2.37. The molecule has 0 aromatic rings. The third kappa shape index (κ3) is 2.41. The molecule has 17 heavy (non-hydrogen) atoms. The summed E-state index contributed by atoms with van der Waals surface area (Å²) in [4.78, 5) is 12.6. The molecule has 1 aliphatic heterocycles. The van der Waals surface area contributed by atoms with Gasteiger partial charge in [0.2, 0.25) is 0 Å². The van der Waals surface area contributed by atoms with Gasteiger partial charge in [-0.2, -0.15) is 13.2 Å². The van der Waals surface area contributed by atoms with Crippen molar-refractivity contribution in [1.29, 1.82) is 0 Å². The smallest absolute Gasteiger partial charge is 0.406 e. The summed E-state index contributed by atoms with van der Waals surface area (Å²) in [6, 6.07) is -0.0430. The fourth-order valence-electron chi connectivity index (χ4n) is 2.14. The van der Waals surface area contributed by atoms with Crippen LogP contribution in [-0.4, -0.2) is 41.3 Å². The number of carboxylic acid groups (broad SMARTS) is 1. The molecule has 0 radical (unpaired) electrons. The number of nitrogens with zero attached hydrogens (tertiary/aromatic N) is 1. The average molecular weight is 253 g/mol. The van der Waals surface area contributed by atoms with Gasteiger partial charge < -0.3 is 5.11 Å². The molecule has 100 valence electrons. The summed E-state index contributed by atoms with van der Waals surface area (Å²) in [6.07, 6.45) is -5.05. The molecule has 1 heterocycles. The zero-order valence-electron chi connectivity index (χ0n) is 10.2. The molecular weight excluding hydrogens is 235 g/mol. The van der Waals surface area contributed by atoms with E-state index in [9.17, 15) is 18.0 Å². The first kappa shape index (κ1) is 14.3. The molecule has 1 rings (SSSR count). The van der Waals surface area contributed by atoms with Crippen molar-refractivity contribution in [1.82, 2.24) is 4.90 Å². The highest BCUT2D eigenvalue weighted by molar-refractivity contribution is 5.76. The minimum atomic E-state index is -4.69. The van der Waals surface area contributed by atoms with E-state index in [4.69, 9.17) is 5.11 Å².